The summed E-state index contributed by atoms with van der Waals surface area (Å²) in [7, 11) is 0. The molecule has 0 aliphatic carbocycles. The molecule has 1 aromatic rings. The van der Waals surface area contributed by atoms with E-state index in [1.165, 1.54) is 13.8 Å². The fourth-order valence-corrected chi connectivity index (χ4v) is 1.81. The predicted octanol–water partition coefficient (Wildman–Crippen LogP) is 0.823. The molecular weight excluding hydrogens is 224 g/mol. The number of aryl methyl sites for hydroxylation is 1. The minimum Gasteiger partial charge on any atom is -0.422 e. The van der Waals surface area contributed by atoms with Gasteiger partial charge in [0.25, 0.3) is 5.79 Å². The largest absolute Gasteiger partial charge is 0.422 e. The zero-order valence-corrected chi connectivity index (χ0v) is 9.97. The van der Waals surface area contributed by atoms with Crippen molar-refractivity contribution in [3.63, 3.8) is 0 Å². The second-order valence-electron chi connectivity index (χ2n) is 4.25. The average molecular weight is 238 g/mol. The van der Waals surface area contributed by atoms with Crippen LogP contribution in [0.2, 0.25) is 0 Å². The van der Waals surface area contributed by atoms with Crippen molar-refractivity contribution in [1.29, 1.82) is 0 Å². The van der Waals surface area contributed by atoms with E-state index >= 15 is 0 Å². The summed E-state index contributed by atoms with van der Waals surface area (Å²) in [5, 5.41) is 4.02. The van der Waals surface area contributed by atoms with Gasteiger partial charge in [0.05, 0.1) is 5.69 Å². The standard InChI is InChI=1S/C11H14N2O4/c1-4-13-7(5-6-12-13)8-9(14)16-11(2,3)17-10(8)15/h5-6,8H,4H2,1-3H3. The first-order chi connectivity index (χ1) is 7.94. The first-order valence-corrected chi connectivity index (χ1v) is 5.42. The van der Waals surface area contributed by atoms with Crippen molar-refractivity contribution in [1.82, 2.24) is 9.78 Å². The number of ether oxygens (including phenoxy) is 2. The average Bonchev–Trinajstić information content (AvgIpc) is 2.62. The Labute approximate surface area is 98.5 Å². The highest BCUT2D eigenvalue weighted by atomic mass is 16.7. The maximum atomic E-state index is 11.8. The van der Waals surface area contributed by atoms with Crippen molar-refractivity contribution in [3.05, 3.63) is 18.0 Å². The molecule has 0 radical (unpaired) electrons. The van der Waals surface area contributed by atoms with E-state index in [4.69, 9.17) is 9.47 Å². The molecule has 0 N–H and O–H groups in total. The molecule has 1 aromatic heterocycles. The van der Waals surface area contributed by atoms with Crippen LogP contribution in [-0.4, -0.2) is 27.5 Å². The smallest absolute Gasteiger partial charge is 0.329 e. The molecule has 0 saturated carbocycles. The number of hydrogen-bond acceptors (Lipinski definition) is 5. The number of esters is 2. The highest BCUT2D eigenvalue weighted by Gasteiger charge is 2.45. The molecule has 1 aliphatic heterocycles. The van der Waals surface area contributed by atoms with Crippen LogP contribution < -0.4 is 0 Å². The van der Waals surface area contributed by atoms with E-state index in [1.54, 1.807) is 16.9 Å². The molecule has 0 atom stereocenters. The van der Waals surface area contributed by atoms with Gasteiger partial charge in [-0.25, -0.2) is 0 Å². The number of rotatable bonds is 2. The van der Waals surface area contributed by atoms with Crippen molar-refractivity contribution in [2.45, 2.75) is 39.0 Å². The van der Waals surface area contributed by atoms with E-state index in [2.05, 4.69) is 5.10 Å². The van der Waals surface area contributed by atoms with Crippen LogP contribution in [0, 0.1) is 0 Å². The van der Waals surface area contributed by atoms with Gasteiger partial charge in [0, 0.05) is 26.6 Å². The SMILES string of the molecule is CCn1nccc1C1C(=O)OC(C)(C)OC1=O. The molecule has 1 fully saturated rings. The molecule has 0 unspecified atom stereocenters. The lowest BCUT2D eigenvalue weighted by Gasteiger charge is -2.32. The predicted molar refractivity (Wildman–Crippen MR) is 56.9 cm³/mol. The molecule has 6 nitrogen and oxygen atoms in total. The van der Waals surface area contributed by atoms with Crippen LogP contribution in [0.5, 0.6) is 0 Å². The number of carbonyl (C=O) groups is 2. The summed E-state index contributed by atoms with van der Waals surface area (Å²) in [6.07, 6.45) is 1.54. The Morgan fingerprint density at radius 3 is 2.47 bits per heavy atom. The van der Waals surface area contributed by atoms with Gasteiger partial charge in [0.1, 0.15) is 0 Å². The number of hydrogen-bond donors (Lipinski definition) is 0. The van der Waals surface area contributed by atoms with Crippen LogP contribution in [0.25, 0.3) is 0 Å². The quantitative estimate of drug-likeness (QED) is 0.563. The van der Waals surface area contributed by atoms with Gasteiger partial charge in [-0.05, 0) is 13.0 Å². The van der Waals surface area contributed by atoms with Crippen LogP contribution in [0.15, 0.2) is 12.3 Å². The lowest BCUT2D eigenvalue weighted by Crippen LogP contribution is -2.45. The summed E-state index contributed by atoms with van der Waals surface area (Å²) in [6.45, 7) is 5.50. The Bertz CT molecular complexity index is 444. The van der Waals surface area contributed by atoms with Crippen molar-refractivity contribution in [2.75, 3.05) is 0 Å². The normalized spacial score (nSPS) is 19.9. The van der Waals surface area contributed by atoms with Crippen molar-refractivity contribution < 1.29 is 19.1 Å². The number of nitrogens with zero attached hydrogens (tertiary/aromatic N) is 2. The summed E-state index contributed by atoms with van der Waals surface area (Å²) < 4.78 is 11.7. The Balaban J connectivity index is 2.34. The fraction of sp³-hybridized carbons (Fsp3) is 0.545. The number of carbonyl (C=O) groups excluding carboxylic acids is 2. The number of cyclic esters (lactones) is 2. The molecule has 2 rings (SSSR count). The van der Waals surface area contributed by atoms with Gasteiger partial charge in [0.2, 0.25) is 0 Å². The minimum atomic E-state index is -1.19. The van der Waals surface area contributed by atoms with Gasteiger partial charge in [-0.3, -0.25) is 14.3 Å². The van der Waals surface area contributed by atoms with Crippen LogP contribution in [-0.2, 0) is 25.6 Å². The summed E-state index contributed by atoms with van der Waals surface area (Å²) in [4.78, 5) is 23.6. The van der Waals surface area contributed by atoms with E-state index in [1.807, 2.05) is 6.92 Å². The van der Waals surface area contributed by atoms with E-state index in [0.29, 0.717) is 12.2 Å². The first-order valence-electron chi connectivity index (χ1n) is 5.42. The topological polar surface area (TPSA) is 70.4 Å². The summed E-state index contributed by atoms with van der Waals surface area (Å²) in [5.74, 6) is -3.42. The maximum Gasteiger partial charge on any atom is 0.329 e. The molecule has 6 heteroatoms. The van der Waals surface area contributed by atoms with Crippen LogP contribution in [0.3, 0.4) is 0 Å². The Morgan fingerprint density at radius 2 is 1.94 bits per heavy atom. The Hall–Kier alpha value is -1.85. The first kappa shape index (κ1) is 11.6. The lowest BCUT2D eigenvalue weighted by atomic mass is 10.0. The van der Waals surface area contributed by atoms with E-state index in [0.717, 1.165) is 0 Å². The lowest BCUT2D eigenvalue weighted by molar-refractivity contribution is -0.235. The highest BCUT2D eigenvalue weighted by Crippen LogP contribution is 2.29. The molecule has 0 bridgehead atoms. The van der Waals surface area contributed by atoms with Gasteiger partial charge in [-0.1, -0.05) is 0 Å². The minimum absolute atomic E-state index is 0.498. The van der Waals surface area contributed by atoms with Crippen molar-refractivity contribution >= 4 is 11.9 Å². The summed E-state index contributed by atoms with van der Waals surface area (Å²) in [6, 6.07) is 1.62. The Kier molecular flexibility index (Phi) is 2.65. The second kappa shape index (κ2) is 3.87. The van der Waals surface area contributed by atoms with Crippen molar-refractivity contribution in [3.8, 4) is 0 Å². The third-order valence-electron chi connectivity index (χ3n) is 2.51. The molecule has 2 heterocycles. The van der Waals surface area contributed by atoms with Gasteiger partial charge >= 0.3 is 11.9 Å². The van der Waals surface area contributed by atoms with Gasteiger partial charge in [-0.15, -0.1) is 0 Å². The van der Waals surface area contributed by atoms with Crippen LogP contribution in [0.4, 0.5) is 0 Å². The summed E-state index contributed by atoms with van der Waals surface area (Å²) >= 11 is 0. The maximum absolute atomic E-state index is 11.8. The number of aromatic nitrogens is 2. The molecule has 0 amide bonds. The molecule has 0 spiro atoms. The van der Waals surface area contributed by atoms with E-state index < -0.39 is 23.6 Å². The van der Waals surface area contributed by atoms with Crippen LogP contribution >= 0.6 is 0 Å². The second-order valence-corrected chi connectivity index (χ2v) is 4.25. The van der Waals surface area contributed by atoms with E-state index in [9.17, 15) is 9.59 Å². The van der Waals surface area contributed by atoms with Gasteiger partial charge in [0.15, 0.2) is 5.92 Å². The summed E-state index contributed by atoms with van der Waals surface area (Å²) in [5.41, 5.74) is 0.498. The third-order valence-corrected chi connectivity index (χ3v) is 2.51. The molecule has 1 aliphatic rings. The van der Waals surface area contributed by atoms with Crippen LogP contribution in [0.1, 0.15) is 32.4 Å². The molecular formula is C11H14N2O4. The molecule has 92 valence electrons. The molecule has 1 saturated heterocycles. The Morgan fingerprint density at radius 1 is 1.35 bits per heavy atom. The van der Waals surface area contributed by atoms with Gasteiger partial charge < -0.3 is 9.47 Å². The fourth-order valence-electron chi connectivity index (χ4n) is 1.81. The monoisotopic (exact) mass is 238 g/mol. The third kappa shape index (κ3) is 2.02. The van der Waals surface area contributed by atoms with E-state index in [-0.39, 0.29) is 0 Å². The molecule has 0 aromatic carbocycles. The van der Waals surface area contributed by atoms with Crippen molar-refractivity contribution in [2.24, 2.45) is 0 Å². The van der Waals surface area contributed by atoms with Gasteiger partial charge in [-0.2, -0.15) is 5.10 Å². The highest BCUT2D eigenvalue weighted by molar-refractivity contribution is 6.02. The zero-order valence-electron chi connectivity index (χ0n) is 9.97. The zero-order chi connectivity index (χ0) is 12.6. The molecule has 17 heavy (non-hydrogen) atoms.